The summed E-state index contributed by atoms with van der Waals surface area (Å²) >= 11 is 0. The first-order valence-corrected chi connectivity index (χ1v) is 4.79. The molecule has 1 aromatic rings. The average molecular weight is 194 g/mol. The molecule has 2 rings (SSSR count). The normalized spacial score (nSPS) is 22.4. The van der Waals surface area contributed by atoms with Crippen molar-refractivity contribution in [3.05, 3.63) is 18.0 Å². The Labute approximate surface area is 82.5 Å². The van der Waals surface area contributed by atoms with Gasteiger partial charge in [-0.3, -0.25) is 9.89 Å². The van der Waals surface area contributed by atoms with E-state index in [1.807, 2.05) is 4.90 Å². The van der Waals surface area contributed by atoms with E-state index in [1.54, 1.807) is 12.4 Å². The number of amides is 1. The molecule has 0 spiro atoms. The predicted molar refractivity (Wildman–Crippen MR) is 52.0 cm³/mol. The fraction of sp³-hybridized carbons (Fsp3) is 0.556. The number of rotatable bonds is 1. The Bertz CT molecular complexity index is 309. The highest BCUT2D eigenvalue weighted by atomic mass is 16.2. The van der Waals surface area contributed by atoms with Crippen LogP contribution in [-0.2, 0) is 0 Å². The fourth-order valence-corrected chi connectivity index (χ4v) is 1.67. The molecule has 1 unspecified atom stereocenters. The van der Waals surface area contributed by atoms with Gasteiger partial charge in [-0.1, -0.05) is 0 Å². The molecule has 0 aliphatic carbocycles. The minimum atomic E-state index is 0.0621. The zero-order valence-corrected chi connectivity index (χ0v) is 8.16. The van der Waals surface area contributed by atoms with E-state index in [0.29, 0.717) is 11.6 Å². The van der Waals surface area contributed by atoms with Crippen molar-refractivity contribution in [1.29, 1.82) is 0 Å². The second-order valence-electron chi connectivity index (χ2n) is 3.59. The quantitative estimate of drug-likeness (QED) is 0.653. The first kappa shape index (κ1) is 9.21. The van der Waals surface area contributed by atoms with E-state index in [2.05, 4.69) is 22.4 Å². The zero-order valence-electron chi connectivity index (χ0n) is 8.16. The Morgan fingerprint density at radius 2 is 2.57 bits per heavy atom. The molecule has 0 aromatic carbocycles. The van der Waals surface area contributed by atoms with Crippen LogP contribution in [-0.4, -0.2) is 46.7 Å². The topological polar surface area (TPSA) is 61.0 Å². The summed E-state index contributed by atoms with van der Waals surface area (Å²) in [5.74, 6) is 0.0621. The van der Waals surface area contributed by atoms with Crippen molar-refractivity contribution >= 4 is 5.91 Å². The maximum Gasteiger partial charge on any atom is 0.257 e. The summed E-state index contributed by atoms with van der Waals surface area (Å²) < 4.78 is 0. The Balaban J connectivity index is 2.04. The third-order valence-electron chi connectivity index (χ3n) is 2.40. The van der Waals surface area contributed by atoms with Gasteiger partial charge in [0.05, 0.1) is 11.8 Å². The lowest BCUT2D eigenvalue weighted by Crippen LogP contribution is -2.51. The highest BCUT2D eigenvalue weighted by Gasteiger charge is 2.21. The minimum Gasteiger partial charge on any atom is -0.336 e. The molecule has 1 aliphatic heterocycles. The van der Waals surface area contributed by atoms with Crippen molar-refractivity contribution in [1.82, 2.24) is 20.4 Å². The smallest absolute Gasteiger partial charge is 0.257 e. The molecule has 1 fully saturated rings. The number of carbonyl (C=O) groups excluding carboxylic acids is 1. The first-order chi connectivity index (χ1) is 6.77. The van der Waals surface area contributed by atoms with E-state index < -0.39 is 0 Å². The number of H-pyrrole nitrogens is 1. The van der Waals surface area contributed by atoms with Gasteiger partial charge in [0, 0.05) is 31.9 Å². The van der Waals surface area contributed by atoms with Gasteiger partial charge in [-0.25, -0.2) is 0 Å². The summed E-state index contributed by atoms with van der Waals surface area (Å²) in [6.45, 7) is 4.48. The number of aromatic nitrogens is 2. The zero-order chi connectivity index (χ0) is 9.97. The fourth-order valence-electron chi connectivity index (χ4n) is 1.67. The van der Waals surface area contributed by atoms with Crippen molar-refractivity contribution in [2.75, 3.05) is 19.6 Å². The number of piperazine rings is 1. The van der Waals surface area contributed by atoms with E-state index in [9.17, 15) is 4.79 Å². The summed E-state index contributed by atoms with van der Waals surface area (Å²) in [6.07, 6.45) is 3.20. The van der Waals surface area contributed by atoms with Crippen LogP contribution in [0.4, 0.5) is 0 Å². The van der Waals surface area contributed by atoms with E-state index in [1.165, 1.54) is 0 Å². The highest BCUT2D eigenvalue weighted by Crippen LogP contribution is 2.05. The standard InChI is InChI=1S/C9H14N4O/c1-7-6-13(3-2-10-7)9(14)8-4-11-12-5-8/h4-5,7,10H,2-3,6H2,1H3,(H,11,12). The second kappa shape index (κ2) is 3.79. The molecule has 1 aliphatic rings. The Morgan fingerprint density at radius 3 is 3.21 bits per heavy atom. The van der Waals surface area contributed by atoms with Gasteiger partial charge in [0.15, 0.2) is 0 Å². The molecule has 1 saturated heterocycles. The van der Waals surface area contributed by atoms with E-state index in [4.69, 9.17) is 0 Å². The van der Waals surface area contributed by atoms with Crippen LogP contribution in [0.1, 0.15) is 17.3 Å². The first-order valence-electron chi connectivity index (χ1n) is 4.79. The SMILES string of the molecule is CC1CN(C(=O)c2cn[nH]c2)CCN1. The summed E-state index contributed by atoms with van der Waals surface area (Å²) in [5, 5.41) is 9.71. The summed E-state index contributed by atoms with van der Waals surface area (Å²) in [6, 6.07) is 0.375. The molecule has 76 valence electrons. The Morgan fingerprint density at radius 1 is 1.71 bits per heavy atom. The molecule has 5 heteroatoms. The van der Waals surface area contributed by atoms with E-state index >= 15 is 0 Å². The number of hydrogen-bond acceptors (Lipinski definition) is 3. The molecule has 1 aromatic heterocycles. The van der Waals surface area contributed by atoms with Crippen LogP contribution in [0.5, 0.6) is 0 Å². The van der Waals surface area contributed by atoms with Gasteiger partial charge in [-0.2, -0.15) is 5.10 Å². The van der Waals surface area contributed by atoms with Gasteiger partial charge in [-0.15, -0.1) is 0 Å². The molecule has 0 saturated carbocycles. The third kappa shape index (κ3) is 1.77. The molecular weight excluding hydrogens is 180 g/mol. The van der Waals surface area contributed by atoms with Gasteiger partial charge < -0.3 is 10.2 Å². The summed E-state index contributed by atoms with van der Waals surface area (Å²) in [4.78, 5) is 13.7. The monoisotopic (exact) mass is 194 g/mol. The third-order valence-corrected chi connectivity index (χ3v) is 2.40. The van der Waals surface area contributed by atoms with Crippen molar-refractivity contribution in [3.8, 4) is 0 Å². The average Bonchev–Trinajstić information content (AvgIpc) is 2.69. The molecule has 1 atom stereocenters. The van der Waals surface area contributed by atoms with Gasteiger partial charge >= 0.3 is 0 Å². The van der Waals surface area contributed by atoms with Crippen molar-refractivity contribution in [2.24, 2.45) is 0 Å². The lowest BCUT2D eigenvalue weighted by molar-refractivity contribution is 0.0709. The Hall–Kier alpha value is -1.36. The Kier molecular flexibility index (Phi) is 2.49. The van der Waals surface area contributed by atoms with Crippen LogP contribution in [0.2, 0.25) is 0 Å². The van der Waals surface area contributed by atoms with Crippen molar-refractivity contribution in [2.45, 2.75) is 13.0 Å². The lowest BCUT2D eigenvalue weighted by atomic mass is 10.2. The van der Waals surface area contributed by atoms with Crippen molar-refractivity contribution < 1.29 is 4.79 Å². The van der Waals surface area contributed by atoms with Gasteiger partial charge in [-0.05, 0) is 6.92 Å². The maximum absolute atomic E-state index is 11.8. The number of hydrogen-bond donors (Lipinski definition) is 2. The van der Waals surface area contributed by atoms with Gasteiger partial charge in [0.2, 0.25) is 0 Å². The molecule has 14 heavy (non-hydrogen) atoms. The molecular formula is C9H14N4O. The number of carbonyl (C=O) groups is 1. The summed E-state index contributed by atoms with van der Waals surface area (Å²) in [7, 11) is 0. The minimum absolute atomic E-state index is 0.0621. The molecule has 5 nitrogen and oxygen atoms in total. The maximum atomic E-state index is 11.8. The molecule has 2 heterocycles. The van der Waals surface area contributed by atoms with Gasteiger partial charge in [0.25, 0.3) is 5.91 Å². The number of nitrogens with zero attached hydrogens (tertiary/aromatic N) is 2. The van der Waals surface area contributed by atoms with Crippen molar-refractivity contribution in [3.63, 3.8) is 0 Å². The van der Waals surface area contributed by atoms with Crippen LogP contribution < -0.4 is 5.32 Å². The van der Waals surface area contributed by atoms with Crippen LogP contribution in [0.25, 0.3) is 0 Å². The predicted octanol–water partition coefficient (Wildman–Crippen LogP) is -0.156. The summed E-state index contributed by atoms with van der Waals surface area (Å²) in [5.41, 5.74) is 0.638. The largest absolute Gasteiger partial charge is 0.336 e. The van der Waals surface area contributed by atoms with E-state index in [0.717, 1.165) is 19.6 Å². The molecule has 1 amide bonds. The van der Waals surface area contributed by atoms with Crippen LogP contribution in [0.3, 0.4) is 0 Å². The number of aromatic amines is 1. The van der Waals surface area contributed by atoms with Gasteiger partial charge in [0.1, 0.15) is 0 Å². The molecule has 0 bridgehead atoms. The molecule has 2 N–H and O–H groups in total. The lowest BCUT2D eigenvalue weighted by Gasteiger charge is -2.31. The van der Waals surface area contributed by atoms with Crippen LogP contribution in [0, 0.1) is 0 Å². The van der Waals surface area contributed by atoms with E-state index in [-0.39, 0.29) is 5.91 Å². The van der Waals surface area contributed by atoms with Crippen LogP contribution in [0.15, 0.2) is 12.4 Å². The van der Waals surface area contributed by atoms with Crippen LogP contribution >= 0.6 is 0 Å². The second-order valence-corrected chi connectivity index (χ2v) is 3.59. The number of nitrogens with one attached hydrogen (secondary N) is 2. The molecule has 0 radical (unpaired) electrons. The highest BCUT2D eigenvalue weighted by molar-refractivity contribution is 5.93.